The van der Waals surface area contributed by atoms with E-state index >= 15 is 0 Å². The van der Waals surface area contributed by atoms with Gasteiger partial charge in [-0.05, 0) is 91.9 Å². The molecule has 0 bridgehead atoms. The van der Waals surface area contributed by atoms with E-state index in [0.29, 0.717) is 46.8 Å². The zero-order chi connectivity index (χ0) is 67.4. The first kappa shape index (κ1) is 72.9. The minimum absolute atomic E-state index is 0. The number of aliphatic carboxylic acids is 2. The lowest BCUT2D eigenvalue weighted by Gasteiger charge is -2.49. The van der Waals surface area contributed by atoms with Gasteiger partial charge in [-0.25, -0.2) is 29.2 Å². The molecule has 0 aliphatic carbocycles. The van der Waals surface area contributed by atoms with E-state index in [9.17, 15) is 49.2 Å². The Balaban J connectivity index is 0.000000174. The smallest absolute Gasteiger partial charge is 0.352 e. The fourth-order valence-electron chi connectivity index (χ4n) is 10.1. The Morgan fingerprint density at radius 1 is 0.872 bits per heavy atom. The molecule has 37 heteroatoms. The van der Waals surface area contributed by atoms with Crippen molar-refractivity contribution in [2.24, 2.45) is 17.2 Å². The van der Waals surface area contributed by atoms with Crippen LogP contribution in [0.2, 0.25) is 0 Å². The van der Waals surface area contributed by atoms with E-state index in [1.165, 1.54) is 102 Å². The average Bonchev–Trinajstić information content (AvgIpc) is 1.43. The number of β-lactam (4-membered cyclic amide) rings is 2. The summed E-state index contributed by atoms with van der Waals surface area (Å²) in [5.41, 5.74) is 26.8. The highest BCUT2D eigenvalue weighted by molar-refractivity contribution is 8.02. The maximum Gasteiger partial charge on any atom is 0.352 e. The van der Waals surface area contributed by atoms with Gasteiger partial charge in [-0.2, -0.15) is 0 Å². The molecular formula is C57H72N18O15S4. The van der Waals surface area contributed by atoms with Crippen molar-refractivity contribution in [2.45, 2.75) is 122 Å². The van der Waals surface area contributed by atoms with Crippen molar-refractivity contribution in [3.8, 4) is 11.5 Å². The van der Waals surface area contributed by atoms with Crippen LogP contribution >= 0.6 is 46.6 Å². The van der Waals surface area contributed by atoms with E-state index < -0.39 is 95.1 Å². The van der Waals surface area contributed by atoms with Gasteiger partial charge in [0.05, 0.1) is 12.9 Å². The number of ether oxygens (including phenoxy) is 1. The van der Waals surface area contributed by atoms with Gasteiger partial charge in [-0.15, -0.1) is 38.8 Å². The van der Waals surface area contributed by atoms with Gasteiger partial charge in [0.2, 0.25) is 17.7 Å². The van der Waals surface area contributed by atoms with Gasteiger partial charge < -0.3 is 84.4 Å². The molecule has 4 fully saturated rings. The van der Waals surface area contributed by atoms with Crippen molar-refractivity contribution in [3.05, 3.63) is 131 Å². The Bertz CT molecular complexity index is 3780. The van der Waals surface area contributed by atoms with Crippen molar-refractivity contribution in [2.75, 3.05) is 30.4 Å². The Morgan fingerprint density at radius 3 is 2.16 bits per heavy atom. The number of nitrogens with zero attached hydrogens (tertiary/aromatic N) is 12. The van der Waals surface area contributed by atoms with E-state index in [-0.39, 0.29) is 52.4 Å². The molecule has 5 aliphatic rings. The summed E-state index contributed by atoms with van der Waals surface area (Å²) < 4.78 is 8.22. The van der Waals surface area contributed by atoms with Crippen LogP contribution in [0.25, 0.3) is 11.2 Å². The van der Waals surface area contributed by atoms with Gasteiger partial charge in [-0.3, -0.25) is 28.6 Å². The summed E-state index contributed by atoms with van der Waals surface area (Å²) in [6, 6.07) is 20.9. The number of hydrogen-bond acceptors (Lipinski definition) is 28. The van der Waals surface area contributed by atoms with Crippen molar-refractivity contribution in [1.29, 1.82) is 0 Å². The Hall–Kier alpha value is -8.47. The Morgan fingerprint density at radius 2 is 1.56 bits per heavy atom. The second kappa shape index (κ2) is 32.6. The second-order valence-electron chi connectivity index (χ2n) is 21.9. The number of carbonyl (C=O) groups excluding carboxylic acids is 4. The number of aryl methyl sites for hydroxylation is 1. The Labute approximate surface area is 553 Å². The number of aliphatic hydroxyl groups excluding tert-OH is 3. The van der Waals surface area contributed by atoms with Crippen molar-refractivity contribution in [1.82, 2.24) is 70.4 Å². The number of thioether (sulfide) groups is 3. The molecule has 0 radical (unpaired) electrons. The van der Waals surface area contributed by atoms with Crippen LogP contribution in [0.15, 0.2) is 113 Å². The quantitative estimate of drug-likeness (QED) is 0.0297. The maximum atomic E-state index is 12.6. The minimum Gasteiger partial charge on any atom is -0.504 e. The molecule has 0 spiro atoms. The molecule has 0 unspecified atom stereocenters. The lowest BCUT2D eigenvalue weighted by molar-refractivity contribution is -0.161. The number of carboxylic acid groups (broad SMARTS) is 2. The molecule has 9 heterocycles. The first-order valence-corrected chi connectivity index (χ1v) is 32.3. The molecule has 7 aromatic rings. The number of carbonyl (C=O) groups is 6. The summed E-state index contributed by atoms with van der Waals surface area (Å²) in [5.74, 6) is -3.01. The van der Waals surface area contributed by atoms with Crippen molar-refractivity contribution < 1.29 is 74.7 Å². The molecule has 11 atom stereocenters. The van der Waals surface area contributed by atoms with Gasteiger partial charge in [0.15, 0.2) is 33.5 Å². The van der Waals surface area contributed by atoms with E-state index in [0.717, 1.165) is 21.3 Å². The highest BCUT2D eigenvalue weighted by Gasteiger charge is 2.64. The summed E-state index contributed by atoms with van der Waals surface area (Å²) in [4.78, 5) is 87.2. The van der Waals surface area contributed by atoms with Crippen LogP contribution in [0.5, 0.6) is 11.5 Å². The van der Waals surface area contributed by atoms with E-state index in [1.807, 2.05) is 38.1 Å². The number of carboxylic acids is 2. The van der Waals surface area contributed by atoms with Crippen molar-refractivity contribution >= 4 is 99.2 Å². The number of tetrazole rings is 1. The number of nitrogens with two attached hydrogens (primary N) is 4. The first-order valence-electron chi connectivity index (χ1n) is 28.6. The third-order valence-electron chi connectivity index (χ3n) is 14.6. The van der Waals surface area contributed by atoms with E-state index in [2.05, 4.69) is 63.4 Å². The number of phenols is 2. The van der Waals surface area contributed by atoms with Crippen molar-refractivity contribution in [3.63, 3.8) is 0 Å². The van der Waals surface area contributed by atoms with E-state index in [4.69, 9.17) is 43.0 Å². The SMILES string of the molecule is CC1(C)S[C@@H]2[C@H](NC(=O)[C@H](N)c3ccccc3)C(=O)N2[C@H]1C(=O)O.C[C@H](N)Cc1ccccc1.Cc1nnc(SCC2=C(C(=O)O)N3C(=O)[C@@H](NC(=O)Cn4cnnn4)[C@H]3SC2)s1.NCCc1ccc(O)c(O)c1.Nc1ncnc2c1ncn2[C@@H]1O[C@H](CO)[C@@H](O)[C@@H]1O.O. The number of amides is 4. The zero-order valence-electron chi connectivity index (χ0n) is 50.8. The molecule has 4 aromatic heterocycles. The van der Waals surface area contributed by atoms with Gasteiger partial charge in [0.1, 0.15) is 88.6 Å². The van der Waals surface area contributed by atoms with Crippen LogP contribution in [-0.2, 0) is 52.9 Å². The number of phenolic OH excluding ortho intramolecular Hbond substituents is 2. The van der Waals surface area contributed by atoms with E-state index in [1.54, 1.807) is 44.2 Å². The summed E-state index contributed by atoms with van der Waals surface area (Å²) >= 11 is 5.63. The number of fused-ring (bicyclic) bond motifs is 3. The topological polar surface area (TPSA) is 532 Å². The maximum absolute atomic E-state index is 12.6. The number of nitrogens with one attached hydrogen (secondary N) is 2. The standard InChI is InChI=1S/C16H19N3O4S.C14H14N8O4S3.C10H13N5O4.C9H13N.C8H11NO2.H2O/c1-16(2)11(15(22)23)19-13(21)10(14(19)24-16)18-12(20)9(17)8-6-4-3-5-7-8;1-6-17-18-14(29-6)28-4-7-3-27-12-9(11(24)22(12)10(7)13(25)26)16-8(23)2-21-5-15-19-20-21;11-8-5-9(13-2-12-8)15(3-14-5)10-7(18)6(17)4(1-16)19-10;1-8(10)7-9-5-3-2-4-6-9;9-4-3-6-1-2-7(10)8(11)5-6;/h3-7,9-11,14H,17H2,1-2H3,(H,18,20)(H,22,23);5,9,12H,2-4H2,1H3,(H,16,23)(H,25,26);2-4,6-7,10,16-18H,1H2,(H2,11,12,13);2-6,8H,7,10H2,1H3;1-2,5,10-11H,3-4,9H2;1H2/t9-,10-,11+,14-;9-,12-;4-,6-,7+,10-;8-;;/m1110../s1. The average molecular weight is 1380 g/mol. The molecule has 94 heavy (non-hydrogen) atoms. The highest BCUT2D eigenvalue weighted by Crippen LogP contribution is 2.51. The van der Waals surface area contributed by atoms with Gasteiger partial charge in [0.25, 0.3) is 5.91 Å². The molecule has 19 N–H and O–H groups in total. The van der Waals surface area contributed by atoms with Crippen LogP contribution in [-0.4, -0.2) is 219 Å². The zero-order valence-corrected chi connectivity index (χ0v) is 54.1. The normalized spacial score (nSPS) is 22.6. The largest absolute Gasteiger partial charge is 0.504 e. The highest BCUT2D eigenvalue weighted by atomic mass is 32.2. The Kier molecular flexibility index (Phi) is 25.3. The second-order valence-corrected chi connectivity index (χ2v) is 27.2. The molecular weight excluding hydrogens is 1310 g/mol. The van der Waals surface area contributed by atoms with Gasteiger partial charge in [-0.1, -0.05) is 89.8 Å². The number of hydrogen-bond donors (Lipinski definition) is 13. The summed E-state index contributed by atoms with van der Waals surface area (Å²) in [7, 11) is 0. The van der Waals surface area contributed by atoms with Crippen LogP contribution in [0, 0.1) is 6.92 Å². The predicted molar refractivity (Wildman–Crippen MR) is 345 cm³/mol. The minimum atomic E-state index is -1.19. The van der Waals surface area contributed by atoms with Crippen LogP contribution in [0.1, 0.15) is 54.7 Å². The predicted octanol–water partition coefficient (Wildman–Crippen LogP) is -0.947. The molecule has 3 aromatic carbocycles. The number of anilines is 1. The molecule has 4 amide bonds. The number of rotatable bonds is 17. The fourth-order valence-corrected chi connectivity index (χ4v) is 15.1. The third-order valence-corrected chi connectivity index (χ3v) is 19.6. The lowest BCUT2D eigenvalue weighted by atomic mass is 9.95. The van der Waals surface area contributed by atoms with Gasteiger partial charge >= 0.3 is 11.9 Å². The lowest BCUT2D eigenvalue weighted by Crippen LogP contribution is -2.71. The summed E-state index contributed by atoms with van der Waals surface area (Å²) in [6.07, 6.45) is 1.56. The number of aromatic hydroxyl groups is 2. The monoisotopic (exact) mass is 1380 g/mol. The molecule has 0 saturated carbocycles. The van der Waals surface area contributed by atoms with Crippen LogP contribution in [0.3, 0.4) is 0 Å². The molecule has 12 rings (SSSR count). The number of nitrogen functional groups attached to an aromatic ring is 1. The van der Waals surface area contributed by atoms with Crippen LogP contribution in [0.4, 0.5) is 5.82 Å². The molecule has 5 aliphatic heterocycles. The molecule has 4 saturated heterocycles. The number of aromatic nitrogens is 10. The van der Waals surface area contributed by atoms with Gasteiger partial charge in [0, 0.05) is 22.3 Å². The molecule has 504 valence electrons. The third kappa shape index (κ3) is 17.3. The summed E-state index contributed by atoms with van der Waals surface area (Å²) in [5, 5.41) is 89.5. The number of benzene rings is 3. The number of imidazole rings is 1. The first-order chi connectivity index (χ1) is 44.3. The van der Waals surface area contributed by atoms with Crippen LogP contribution < -0.4 is 33.6 Å². The number of aliphatic hydroxyl groups is 3. The molecule has 33 nitrogen and oxygen atoms in total. The fraction of sp³-hybridized carbons (Fsp3) is 0.404. The summed E-state index contributed by atoms with van der Waals surface area (Å²) in [6.45, 7) is 7.47.